The van der Waals surface area contributed by atoms with Gasteiger partial charge < -0.3 is 25.4 Å². The lowest BCUT2D eigenvalue weighted by Gasteiger charge is -2.41. The number of pyridine rings is 1. The van der Waals surface area contributed by atoms with E-state index in [1.54, 1.807) is 6.20 Å². The number of aromatic nitrogens is 3. The summed E-state index contributed by atoms with van der Waals surface area (Å²) in [6, 6.07) is 15.0. The Labute approximate surface area is 342 Å². The number of piperazine rings is 1. The Morgan fingerprint density at radius 2 is 1.74 bits per heavy atom. The number of aliphatic imine (C=N–C) groups is 1. The average Bonchev–Trinajstić information content (AvgIpc) is 3.86. The van der Waals surface area contributed by atoms with Crippen molar-refractivity contribution in [1.82, 2.24) is 24.3 Å². The molecule has 0 spiro atoms. The van der Waals surface area contributed by atoms with Crippen LogP contribution in [0.25, 0.3) is 22.3 Å². The largest absolute Gasteiger partial charge is 0.404 e. The van der Waals surface area contributed by atoms with Crippen LogP contribution in [0.3, 0.4) is 0 Å². The number of nitrogens with two attached hydrogens (primary N) is 1. The molecule has 58 heavy (non-hydrogen) atoms. The summed E-state index contributed by atoms with van der Waals surface area (Å²) in [5.74, 6) is 0.326. The van der Waals surface area contributed by atoms with Crippen LogP contribution < -0.4 is 16.0 Å². The van der Waals surface area contributed by atoms with Crippen LogP contribution in [0.1, 0.15) is 81.8 Å². The molecule has 3 N–H and O–H groups in total. The van der Waals surface area contributed by atoms with E-state index in [9.17, 15) is 8.78 Å². The van der Waals surface area contributed by atoms with Crippen LogP contribution >= 0.6 is 0 Å². The third kappa shape index (κ3) is 8.70. The van der Waals surface area contributed by atoms with Crippen LogP contribution in [0.4, 0.5) is 20.4 Å². The van der Waals surface area contributed by atoms with E-state index in [0.717, 1.165) is 147 Å². The minimum absolute atomic E-state index is 0.0822. The molecule has 0 amide bonds. The first-order valence-electron chi connectivity index (χ1n) is 21.1. The van der Waals surface area contributed by atoms with Gasteiger partial charge in [-0.25, -0.2) is 13.8 Å². The molecule has 2 bridgehead atoms. The van der Waals surface area contributed by atoms with Crippen molar-refractivity contribution in [3.8, 4) is 0 Å². The summed E-state index contributed by atoms with van der Waals surface area (Å²) >= 11 is 0. The smallest absolute Gasteiger partial charge is 0.208 e. The first-order valence-corrected chi connectivity index (χ1v) is 21.1. The highest BCUT2D eigenvalue weighted by molar-refractivity contribution is 6.23. The molecule has 1 saturated carbocycles. The van der Waals surface area contributed by atoms with E-state index in [-0.39, 0.29) is 11.3 Å². The number of imidazole rings is 1. The van der Waals surface area contributed by atoms with Crippen LogP contribution in [0.2, 0.25) is 0 Å². The molecule has 4 aromatic rings. The number of hydrogen-bond donors (Lipinski definition) is 2. The van der Waals surface area contributed by atoms with Gasteiger partial charge in [0.1, 0.15) is 11.6 Å². The van der Waals surface area contributed by atoms with E-state index in [4.69, 9.17) is 20.7 Å². The Balaban J connectivity index is 0.973. The Morgan fingerprint density at radius 3 is 2.47 bits per heavy atom. The highest BCUT2D eigenvalue weighted by Crippen LogP contribution is 2.42. The second-order valence-corrected chi connectivity index (χ2v) is 17.9. The minimum Gasteiger partial charge on any atom is -0.404 e. The average molecular weight is 788 g/mol. The van der Waals surface area contributed by atoms with Gasteiger partial charge in [0.2, 0.25) is 5.95 Å². The summed E-state index contributed by atoms with van der Waals surface area (Å²) in [5.41, 5.74) is 16.7. The fraction of sp³-hybridized carbons (Fsp3) is 0.468. The highest BCUT2D eigenvalue weighted by atomic mass is 19.1. The molecule has 11 heteroatoms. The molecule has 1 unspecified atom stereocenters. The summed E-state index contributed by atoms with van der Waals surface area (Å²) < 4.78 is 30.5. The summed E-state index contributed by atoms with van der Waals surface area (Å²) in [7, 11) is 0. The van der Waals surface area contributed by atoms with Crippen LogP contribution in [0.15, 0.2) is 78.6 Å². The quantitative estimate of drug-likeness (QED) is 0.202. The van der Waals surface area contributed by atoms with E-state index in [1.807, 2.05) is 6.92 Å². The summed E-state index contributed by atoms with van der Waals surface area (Å²) in [5, 5.41) is 3.61. The lowest BCUT2D eigenvalue weighted by molar-refractivity contribution is 0.133. The van der Waals surface area contributed by atoms with Crippen molar-refractivity contribution in [3.63, 3.8) is 0 Å². The molecule has 9 nitrogen and oxygen atoms in total. The Morgan fingerprint density at radius 1 is 0.983 bits per heavy atom. The molecule has 5 heterocycles. The lowest BCUT2D eigenvalue weighted by atomic mass is 9.80. The van der Waals surface area contributed by atoms with Gasteiger partial charge in [-0.2, -0.15) is 0 Å². The van der Waals surface area contributed by atoms with E-state index in [1.165, 1.54) is 17.7 Å². The maximum absolute atomic E-state index is 14.1. The van der Waals surface area contributed by atoms with Crippen LogP contribution in [-0.4, -0.2) is 75.4 Å². The molecule has 3 fully saturated rings. The second-order valence-electron chi connectivity index (χ2n) is 17.9. The first kappa shape index (κ1) is 39.8. The standard InChI is InChI=1S/C47H59F2N9/c1-30-9-7-8-10-42(53-38-12-13-38)40(25-50)44-21-35(19-31(2)51-44)32(3)52-46-54-43-14-11-34(20-45(43)58(46)26-30)27-55-15-17-56(18-16-55)33(4)41-28-57(29-47(41,5)6)39-23-36(48)22-37(49)24-39/h11,14,19-25,30,38,41H,3-4,7-10,12-13,15-18,26-29,50H2,1-2,5-6H3,(H,52,54)/t30-,41?/m1/s1. The van der Waals surface area contributed by atoms with Crippen molar-refractivity contribution < 1.29 is 8.78 Å². The number of anilines is 2. The first-order chi connectivity index (χ1) is 27.8. The van der Waals surface area contributed by atoms with Crippen molar-refractivity contribution in [2.45, 2.75) is 85.4 Å². The number of hydrogen-bond acceptors (Lipinski definition) is 8. The van der Waals surface area contributed by atoms with Crippen molar-refractivity contribution in [2.75, 3.05) is 49.5 Å². The summed E-state index contributed by atoms with van der Waals surface area (Å²) in [6.45, 7) is 24.6. The number of rotatable bonds is 6. The third-order valence-corrected chi connectivity index (χ3v) is 12.6. The minimum atomic E-state index is -0.545. The fourth-order valence-electron chi connectivity index (χ4n) is 9.23. The Kier molecular flexibility index (Phi) is 11.2. The van der Waals surface area contributed by atoms with Crippen LogP contribution in [-0.2, 0) is 13.1 Å². The number of nitrogens with one attached hydrogen (secondary N) is 1. The Bertz CT molecular complexity index is 2240. The maximum Gasteiger partial charge on any atom is 0.208 e. The zero-order chi connectivity index (χ0) is 40.7. The van der Waals surface area contributed by atoms with Crippen molar-refractivity contribution in [3.05, 3.63) is 108 Å². The van der Waals surface area contributed by atoms with Crippen molar-refractivity contribution in [2.24, 2.45) is 28.0 Å². The van der Waals surface area contributed by atoms with Gasteiger partial charge in [-0.1, -0.05) is 46.4 Å². The molecule has 306 valence electrons. The van der Waals surface area contributed by atoms with E-state index >= 15 is 0 Å². The molecule has 2 aromatic heterocycles. The van der Waals surface area contributed by atoms with Gasteiger partial charge in [-0.15, -0.1) is 0 Å². The highest BCUT2D eigenvalue weighted by Gasteiger charge is 2.42. The Hall–Kier alpha value is -5.03. The number of aryl methyl sites for hydroxylation is 1. The predicted molar refractivity (Wildman–Crippen MR) is 233 cm³/mol. The SMILES string of the molecule is C=C1Nc2nc3ccc(CN4CCN(C(=C)C5CN(c6cc(F)cc(F)c6)CC5(C)C)CC4)cc3n2C[C@H](C)CCCCC(=NC2CC2)C(=CN)c2cc1cc(C)n2. The monoisotopic (exact) mass is 787 g/mol. The third-order valence-electron chi connectivity index (χ3n) is 12.6. The van der Waals surface area contributed by atoms with Crippen LogP contribution in [0.5, 0.6) is 0 Å². The molecule has 2 aromatic carbocycles. The lowest BCUT2D eigenvalue weighted by Crippen LogP contribution is -2.47. The zero-order valence-electron chi connectivity index (χ0n) is 34.7. The van der Waals surface area contributed by atoms with E-state index in [2.05, 4.69) is 88.8 Å². The predicted octanol–water partition coefficient (Wildman–Crippen LogP) is 9.01. The number of benzene rings is 2. The van der Waals surface area contributed by atoms with Gasteiger partial charge in [0.05, 0.1) is 22.8 Å². The normalized spacial score (nSPS) is 23.5. The molecule has 4 aliphatic rings. The number of allylic oxidation sites excluding steroid dienone is 1. The van der Waals surface area contributed by atoms with Crippen LogP contribution in [0, 0.1) is 35.8 Å². The van der Waals surface area contributed by atoms with Gasteiger partial charge in [0.15, 0.2) is 0 Å². The van der Waals surface area contributed by atoms with Crippen molar-refractivity contribution in [1.29, 1.82) is 0 Å². The second kappa shape index (κ2) is 16.3. The molecule has 0 radical (unpaired) electrons. The molecule has 2 atom stereocenters. The molecule has 1 aliphatic carbocycles. The zero-order valence-corrected chi connectivity index (χ0v) is 34.7. The summed E-state index contributed by atoms with van der Waals surface area (Å²) in [4.78, 5) is 22.2. The number of halogens is 2. The van der Waals surface area contributed by atoms with Gasteiger partial charge in [0, 0.05) is 110 Å². The number of fused-ring (bicyclic) bond motifs is 5. The maximum atomic E-state index is 14.1. The van der Waals surface area contributed by atoms with E-state index in [0.29, 0.717) is 24.2 Å². The fourth-order valence-corrected chi connectivity index (χ4v) is 9.23. The van der Waals surface area contributed by atoms with Gasteiger partial charge >= 0.3 is 0 Å². The molecule has 2 saturated heterocycles. The van der Waals surface area contributed by atoms with Crippen molar-refractivity contribution >= 4 is 39.7 Å². The molecular weight excluding hydrogens is 729 g/mol. The number of nitrogens with zero attached hydrogens (tertiary/aromatic N) is 7. The van der Waals surface area contributed by atoms with E-state index < -0.39 is 11.6 Å². The molecule has 8 rings (SSSR count). The summed E-state index contributed by atoms with van der Waals surface area (Å²) in [6.07, 6.45) is 8.10. The van der Waals surface area contributed by atoms with Gasteiger partial charge in [-0.3, -0.25) is 14.9 Å². The topological polar surface area (TPSA) is 90.8 Å². The van der Waals surface area contributed by atoms with Gasteiger partial charge in [0.25, 0.3) is 0 Å². The molecule has 3 aliphatic heterocycles. The van der Waals surface area contributed by atoms with Gasteiger partial charge in [-0.05, 0) is 92.3 Å². The molecular formula is C47H59F2N9.